The van der Waals surface area contributed by atoms with Gasteiger partial charge in [0.15, 0.2) is 0 Å². The fourth-order valence-corrected chi connectivity index (χ4v) is 1.87. The van der Waals surface area contributed by atoms with Crippen LogP contribution in [0.4, 0.5) is 4.79 Å². The van der Waals surface area contributed by atoms with Crippen molar-refractivity contribution in [2.75, 3.05) is 0 Å². The van der Waals surface area contributed by atoms with Crippen molar-refractivity contribution in [3.63, 3.8) is 0 Å². The van der Waals surface area contributed by atoms with E-state index >= 15 is 0 Å². The molecule has 0 radical (unpaired) electrons. The third-order valence-corrected chi connectivity index (χ3v) is 2.95. The fourth-order valence-electron chi connectivity index (χ4n) is 1.74. The number of hydrogen-bond acceptors (Lipinski definition) is 5. The molecule has 0 bridgehead atoms. The first-order chi connectivity index (χ1) is 10.6. The lowest BCUT2D eigenvalue weighted by Crippen LogP contribution is -2.44. The Bertz CT molecular complexity index is 581. The Balaban J connectivity index is 2.75. The van der Waals surface area contributed by atoms with Gasteiger partial charge < -0.3 is 15.2 Å². The van der Waals surface area contributed by atoms with Crippen LogP contribution in [0, 0.1) is 0 Å². The van der Waals surface area contributed by atoms with E-state index in [-0.39, 0.29) is 12.3 Å². The zero-order valence-corrected chi connectivity index (χ0v) is 14.0. The van der Waals surface area contributed by atoms with Gasteiger partial charge in [-0.05, 0) is 38.5 Å². The number of carbonyl (C=O) groups excluding carboxylic acids is 2. The summed E-state index contributed by atoms with van der Waals surface area (Å²) in [6, 6.07) is 5.20. The summed E-state index contributed by atoms with van der Waals surface area (Å²) in [5.74, 6) is -1.53. The maximum atomic E-state index is 11.7. The standard InChI is InChI=1S/C15H20N2O5S/c1-15(2,3)22-14(21)16-11(13(19)20)8-9-4-6-10(7-5-9)12(18)17-23/h4-7,11,23H,8H2,1-3H3,(H,16,21)(H,17,18)(H,19,20). The molecule has 1 rings (SSSR count). The highest BCUT2D eigenvalue weighted by Gasteiger charge is 2.24. The second kappa shape index (κ2) is 7.87. The lowest BCUT2D eigenvalue weighted by molar-refractivity contribution is -0.139. The molecule has 8 heteroatoms. The molecule has 2 amide bonds. The molecule has 126 valence electrons. The van der Waals surface area contributed by atoms with Gasteiger partial charge in [0.25, 0.3) is 5.91 Å². The molecule has 23 heavy (non-hydrogen) atoms. The number of amides is 2. The van der Waals surface area contributed by atoms with E-state index in [1.54, 1.807) is 45.0 Å². The molecule has 0 spiro atoms. The van der Waals surface area contributed by atoms with Crippen molar-refractivity contribution in [3.05, 3.63) is 35.4 Å². The van der Waals surface area contributed by atoms with E-state index in [0.717, 1.165) is 0 Å². The van der Waals surface area contributed by atoms with Crippen molar-refractivity contribution >= 4 is 30.8 Å². The number of carboxylic acids is 1. The largest absolute Gasteiger partial charge is 0.480 e. The van der Waals surface area contributed by atoms with Crippen LogP contribution in [0.2, 0.25) is 0 Å². The van der Waals surface area contributed by atoms with Crippen LogP contribution in [0.5, 0.6) is 0 Å². The van der Waals surface area contributed by atoms with Crippen molar-refractivity contribution in [1.82, 2.24) is 10.0 Å². The first-order valence-corrected chi connectivity index (χ1v) is 7.33. The average Bonchev–Trinajstić information content (AvgIpc) is 2.44. The number of carboxylic acid groups (broad SMARTS) is 1. The van der Waals surface area contributed by atoms with Gasteiger partial charge in [-0.1, -0.05) is 24.9 Å². The zero-order valence-electron chi connectivity index (χ0n) is 13.1. The summed E-state index contributed by atoms with van der Waals surface area (Å²) >= 11 is 3.67. The molecule has 7 nitrogen and oxygen atoms in total. The Labute approximate surface area is 139 Å². The molecule has 0 aliphatic rings. The van der Waals surface area contributed by atoms with E-state index in [1.807, 2.05) is 0 Å². The van der Waals surface area contributed by atoms with Crippen LogP contribution in [0.1, 0.15) is 36.7 Å². The van der Waals surface area contributed by atoms with Crippen LogP contribution in [0.15, 0.2) is 24.3 Å². The molecule has 1 aromatic carbocycles. The lowest BCUT2D eigenvalue weighted by atomic mass is 10.0. The third-order valence-electron chi connectivity index (χ3n) is 2.75. The van der Waals surface area contributed by atoms with E-state index in [4.69, 9.17) is 4.74 Å². The zero-order chi connectivity index (χ0) is 17.6. The van der Waals surface area contributed by atoms with E-state index < -0.39 is 23.7 Å². The fraction of sp³-hybridized carbons (Fsp3) is 0.400. The van der Waals surface area contributed by atoms with Crippen molar-refractivity contribution in [1.29, 1.82) is 0 Å². The van der Waals surface area contributed by atoms with Gasteiger partial charge in [0.05, 0.1) is 0 Å². The Kier molecular flexibility index (Phi) is 6.44. The van der Waals surface area contributed by atoms with Gasteiger partial charge in [0.1, 0.15) is 11.6 Å². The van der Waals surface area contributed by atoms with Crippen LogP contribution in [-0.2, 0) is 16.0 Å². The number of alkyl carbamates (subject to hydrolysis) is 1. The molecular formula is C15H20N2O5S. The molecule has 0 aliphatic carbocycles. The second-order valence-corrected chi connectivity index (χ2v) is 6.10. The van der Waals surface area contributed by atoms with Crippen LogP contribution in [0.3, 0.4) is 0 Å². The minimum atomic E-state index is -1.17. The predicted octanol–water partition coefficient (Wildman–Crippen LogP) is 1.78. The summed E-state index contributed by atoms with van der Waals surface area (Å²) in [4.78, 5) is 34.3. The number of carbonyl (C=O) groups is 3. The Hall–Kier alpha value is -2.22. The molecule has 0 aromatic heterocycles. The smallest absolute Gasteiger partial charge is 0.408 e. The number of ether oxygens (including phenoxy) is 1. The Morgan fingerprint density at radius 2 is 1.78 bits per heavy atom. The molecule has 0 saturated carbocycles. The highest BCUT2D eigenvalue weighted by Crippen LogP contribution is 2.10. The van der Waals surface area contributed by atoms with Gasteiger partial charge in [-0.25, -0.2) is 9.59 Å². The number of aliphatic carboxylic acids is 1. The van der Waals surface area contributed by atoms with E-state index in [9.17, 15) is 19.5 Å². The third kappa shape index (κ3) is 6.60. The molecule has 1 unspecified atom stereocenters. The van der Waals surface area contributed by atoms with E-state index in [1.165, 1.54) is 0 Å². The van der Waals surface area contributed by atoms with E-state index in [2.05, 4.69) is 22.9 Å². The van der Waals surface area contributed by atoms with Crippen molar-refractivity contribution in [2.45, 2.75) is 38.8 Å². The van der Waals surface area contributed by atoms with Gasteiger partial charge in [0.2, 0.25) is 0 Å². The predicted molar refractivity (Wildman–Crippen MR) is 87.4 cm³/mol. The highest BCUT2D eigenvalue weighted by atomic mass is 32.1. The number of thiol groups is 1. The molecule has 0 fully saturated rings. The summed E-state index contributed by atoms with van der Waals surface area (Å²) < 4.78 is 7.24. The molecular weight excluding hydrogens is 320 g/mol. The van der Waals surface area contributed by atoms with Gasteiger partial charge in [-0.15, -0.1) is 0 Å². The molecule has 0 heterocycles. The molecule has 0 aliphatic heterocycles. The topological polar surface area (TPSA) is 105 Å². The average molecular weight is 340 g/mol. The van der Waals surface area contributed by atoms with Crippen LogP contribution >= 0.6 is 12.8 Å². The van der Waals surface area contributed by atoms with Gasteiger partial charge in [0, 0.05) is 12.0 Å². The number of hydrogen-bond donors (Lipinski definition) is 4. The SMILES string of the molecule is CC(C)(C)OC(=O)NC(Cc1ccc(C(=O)NS)cc1)C(=O)O. The monoisotopic (exact) mass is 340 g/mol. The van der Waals surface area contributed by atoms with Crippen molar-refractivity contribution in [2.24, 2.45) is 0 Å². The maximum Gasteiger partial charge on any atom is 0.408 e. The quantitative estimate of drug-likeness (QED) is 0.612. The van der Waals surface area contributed by atoms with Crippen LogP contribution in [0.25, 0.3) is 0 Å². The molecule has 1 atom stereocenters. The normalized spacial score (nSPS) is 12.2. The Morgan fingerprint density at radius 3 is 2.22 bits per heavy atom. The first-order valence-electron chi connectivity index (χ1n) is 6.88. The summed E-state index contributed by atoms with van der Waals surface area (Å²) in [6.45, 7) is 5.06. The summed E-state index contributed by atoms with van der Waals surface area (Å²) in [7, 11) is 0. The molecule has 1 aromatic rings. The van der Waals surface area contributed by atoms with Crippen molar-refractivity contribution < 1.29 is 24.2 Å². The maximum absolute atomic E-state index is 11.7. The Morgan fingerprint density at radius 1 is 1.22 bits per heavy atom. The lowest BCUT2D eigenvalue weighted by Gasteiger charge is -2.22. The van der Waals surface area contributed by atoms with Crippen LogP contribution < -0.4 is 10.0 Å². The first kappa shape index (κ1) is 18.8. The van der Waals surface area contributed by atoms with E-state index in [0.29, 0.717) is 11.1 Å². The van der Waals surface area contributed by atoms with Crippen molar-refractivity contribution in [3.8, 4) is 0 Å². The summed E-state index contributed by atoms with van der Waals surface area (Å²) in [6.07, 6.45) is -0.729. The van der Waals surface area contributed by atoms with Crippen LogP contribution in [-0.4, -0.2) is 34.7 Å². The number of benzene rings is 1. The minimum absolute atomic E-state index is 0.0668. The molecule has 3 N–H and O–H groups in total. The number of nitrogens with one attached hydrogen (secondary N) is 2. The number of rotatable bonds is 5. The van der Waals surface area contributed by atoms with Gasteiger partial charge in [-0.3, -0.25) is 9.52 Å². The second-order valence-electron chi connectivity index (χ2n) is 5.88. The van der Waals surface area contributed by atoms with Gasteiger partial charge >= 0.3 is 12.1 Å². The highest BCUT2D eigenvalue weighted by molar-refractivity contribution is 7.78. The molecule has 0 saturated heterocycles. The summed E-state index contributed by atoms with van der Waals surface area (Å²) in [5.41, 5.74) is 0.342. The summed E-state index contributed by atoms with van der Waals surface area (Å²) in [5, 5.41) is 11.5. The van der Waals surface area contributed by atoms with Gasteiger partial charge in [-0.2, -0.15) is 0 Å². The minimum Gasteiger partial charge on any atom is -0.480 e.